The number of carbonyl (C=O) groups excluding carboxylic acids is 1. The standard InChI is InChI=1S/C33H68N2O2/c1-5-8-11-14-17-20-23-27-34(28-24-21-18-15-12-9-6-2)31-32-35(30-26-33(36)37-4)29-25-22-19-16-13-10-7-3/h5-32H2,1-4H3. The van der Waals surface area contributed by atoms with Gasteiger partial charge in [0.15, 0.2) is 0 Å². The molecule has 0 aliphatic heterocycles. The summed E-state index contributed by atoms with van der Waals surface area (Å²) in [6.45, 7) is 13.5. The zero-order valence-corrected chi connectivity index (χ0v) is 26.0. The van der Waals surface area contributed by atoms with Crippen LogP contribution in [0.5, 0.6) is 0 Å². The minimum Gasteiger partial charge on any atom is -0.469 e. The van der Waals surface area contributed by atoms with Crippen molar-refractivity contribution in [2.24, 2.45) is 0 Å². The molecule has 0 aliphatic rings. The average Bonchev–Trinajstić information content (AvgIpc) is 2.91. The third kappa shape index (κ3) is 26.8. The topological polar surface area (TPSA) is 32.8 Å². The van der Waals surface area contributed by atoms with Crippen molar-refractivity contribution in [2.45, 2.75) is 162 Å². The molecule has 0 saturated carbocycles. The molecule has 0 radical (unpaired) electrons. The van der Waals surface area contributed by atoms with E-state index in [-0.39, 0.29) is 5.97 Å². The van der Waals surface area contributed by atoms with Gasteiger partial charge < -0.3 is 14.5 Å². The molecule has 0 atom stereocenters. The van der Waals surface area contributed by atoms with Crippen LogP contribution in [0.2, 0.25) is 0 Å². The van der Waals surface area contributed by atoms with Gasteiger partial charge >= 0.3 is 5.97 Å². The zero-order valence-electron chi connectivity index (χ0n) is 26.0. The Hall–Kier alpha value is -0.610. The van der Waals surface area contributed by atoms with Crippen molar-refractivity contribution in [3.63, 3.8) is 0 Å². The molecule has 4 nitrogen and oxygen atoms in total. The second-order valence-corrected chi connectivity index (χ2v) is 11.4. The molecule has 0 aromatic rings. The van der Waals surface area contributed by atoms with E-state index in [9.17, 15) is 4.79 Å². The van der Waals surface area contributed by atoms with Crippen LogP contribution in [0.25, 0.3) is 0 Å². The van der Waals surface area contributed by atoms with Crippen molar-refractivity contribution < 1.29 is 9.53 Å². The number of ether oxygens (including phenoxy) is 1. The van der Waals surface area contributed by atoms with Crippen molar-refractivity contribution in [3.05, 3.63) is 0 Å². The summed E-state index contributed by atoms with van der Waals surface area (Å²) in [6, 6.07) is 0. The first-order valence-electron chi connectivity index (χ1n) is 16.7. The van der Waals surface area contributed by atoms with Gasteiger partial charge in [0.2, 0.25) is 0 Å². The number of esters is 1. The van der Waals surface area contributed by atoms with Gasteiger partial charge in [-0.15, -0.1) is 0 Å². The Morgan fingerprint density at radius 1 is 0.432 bits per heavy atom. The van der Waals surface area contributed by atoms with Gasteiger partial charge in [-0.3, -0.25) is 4.79 Å². The number of hydrogen-bond donors (Lipinski definition) is 0. The van der Waals surface area contributed by atoms with Crippen LogP contribution in [-0.4, -0.2) is 62.1 Å². The van der Waals surface area contributed by atoms with Gasteiger partial charge in [-0.25, -0.2) is 0 Å². The van der Waals surface area contributed by atoms with Gasteiger partial charge in [0.05, 0.1) is 13.5 Å². The molecule has 4 heteroatoms. The molecule has 0 saturated heterocycles. The molecule has 0 fully saturated rings. The molecule has 0 rings (SSSR count). The van der Waals surface area contributed by atoms with Crippen molar-refractivity contribution in [3.8, 4) is 0 Å². The predicted octanol–water partition coefficient (Wildman–Crippen LogP) is 9.41. The van der Waals surface area contributed by atoms with E-state index >= 15 is 0 Å². The highest BCUT2D eigenvalue weighted by Crippen LogP contribution is 2.12. The summed E-state index contributed by atoms with van der Waals surface area (Å²) in [6.07, 6.45) is 29.2. The van der Waals surface area contributed by atoms with Gasteiger partial charge in [0, 0.05) is 19.6 Å². The molecule has 0 amide bonds. The first kappa shape index (κ1) is 36.4. The Morgan fingerprint density at radius 2 is 0.730 bits per heavy atom. The lowest BCUT2D eigenvalue weighted by Gasteiger charge is -2.28. The largest absolute Gasteiger partial charge is 0.469 e. The number of methoxy groups -OCH3 is 1. The highest BCUT2D eigenvalue weighted by atomic mass is 16.5. The summed E-state index contributed by atoms with van der Waals surface area (Å²) in [5.74, 6) is -0.0763. The Labute approximate surface area is 233 Å². The van der Waals surface area contributed by atoms with E-state index in [0.29, 0.717) is 6.42 Å². The fraction of sp³-hybridized carbons (Fsp3) is 0.970. The van der Waals surface area contributed by atoms with Crippen LogP contribution in [0, 0.1) is 0 Å². The summed E-state index contributed by atoms with van der Waals surface area (Å²) in [4.78, 5) is 17.1. The Balaban J connectivity index is 4.53. The average molecular weight is 525 g/mol. The molecule has 222 valence electrons. The maximum absolute atomic E-state index is 11.8. The van der Waals surface area contributed by atoms with Gasteiger partial charge in [0.25, 0.3) is 0 Å². The summed E-state index contributed by atoms with van der Waals surface area (Å²) in [7, 11) is 1.51. The molecule has 0 unspecified atom stereocenters. The number of unbranched alkanes of at least 4 members (excludes halogenated alkanes) is 18. The van der Waals surface area contributed by atoms with Crippen LogP contribution >= 0.6 is 0 Å². The van der Waals surface area contributed by atoms with Crippen LogP contribution in [0.4, 0.5) is 0 Å². The normalized spacial score (nSPS) is 11.6. The van der Waals surface area contributed by atoms with E-state index < -0.39 is 0 Å². The third-order valence-corrected chi connectivity index (χ3v) is 7.83. The summed E-state index contributed by atoms with van der Waals surface area (Å²) >= 11 is 0. The third-order valence-electron chi connectivity index (χ3n) is 7.83. The van der Waals surface area contributed by atoms with Crippen molar-refractivity contribution >= 4 is 5.97 Å². The van der Waals surface area contributed by atoms with Gasteiger partial charge in [0.1, 0.15) is 0 Å². The van der Waals surface area contributed by atoms with Crippen molar-refractivity contribution in [1.82, 2.24) is 9.80 Å². The molecule has 0 aliphatic carbocycles. The summed E-state index contributed by atoms with van der Waals surface area (Å²) in [5.41, 5.74) is 0. The molecule has 0 spiro atoms. The number of rotatable bonds is 30. The van der Waals surface area contributed by atoms with Crippen LogP contribution in [-0.2, 0) is 9.53 Å². The zero-order chi connectivity index (χ0) is 27.2. The molecule has 0 aromatic carbocycles. The quantitative estimate of drug-likeness (QED) is 0.0692. The number of carbonyl (C=O) groups is 1. The highest BCUT2D eigenvalue weighted by molar-refractivity contribution is 5.69. The molecular formula is C33H68N2O2. The minimum absolute atomic E-state index is 0.0763. The van der Waals surface area contributed by atoms with Crippen LogP contribution in [0.3, 0.4) is 0 Å². The SMILES string of the molecule is CCCCCCCCCN(CCCCCCCCC)CCN(CCCCCCCCC)CCC(=O)OC. The molecular weight excluding hydrogens is 456 g/mol. The van der Waals surface area contributed by atoms with Gasteiger partial charge in [-0.05, 0) is 38.9 Å². The van der Waals surface area contributed by atoms with E-state index in [1.165, 1.54) is 155 Å². The second-order valence-electron chi connectivity index (χ2n) is 11.4. The fourth-order valence-corrected chi connectivity index (χ4v) is 5.18. The van der Waals surface area contributed by atoms with Crippen LogP contribution < -0.4 is 0 Å². The first-order valence-corrected chi connectivity index (χ1v) is 16.7. The van der Waals surface area contributed by atoms with E-state index in [1.807, 2.05) is 0 Å². The molecule has 0 heterocycles. The van der Waals surface area contributed by atoms with E-state index in [0.717, 1.165) is 26.2 Å². The first-order chi connectivity index (χ1) is 18.2. The Morgan fingerprint density at radius 3 is 1.05 bits per heavy atom. The Kier molecular flexibility index (Phi) is 29.4. The van der Waals surface area contributed by atoms with E-state index in [1.54, 1.807) is 0 Å². The number of nitrogens with zero attached hydrogens (tertiary/aromatic N) is 2. The predicted molar refractivity (Wildman–Crippen MR) is 163 cm³/mol. The maximum Gasteiger partial charge on any atom is 0.306 e. The molecule has 0 N–H and O–H groups in total. The fourth-order valence-electron chi connectivity index (χ4n) is 5.18. The van der Waals surface area contributed by atoms with Crippen molar-refractivity contribution in [1.29, 1.82) is 0 Å². The van der Waals surface area contributed by atoms with Gasteiger partial charge in [-0.2, -0.15) is 0 Å². The second kappa shape index (κ2) is 29.9. The van der Waals surface area contributed by atoms with E-state index in [2.05, 4.69) is 30.6 Å². The summed E-state index contributed by atoms with van der Waals surface area (Å²) in [5, 5.41) is 0. The molecule has 0 aromatic heterocycles. The lowest BCUT2D eigenvalue weighted by atomic mass is 10.1. The minimum atomic E-state index is -0.0763. The Bertz CT molecular complexity index is 440. The molecule has 37 heavy (non-hydrogen) atoms. The van der Waals surface area contributed by atoms with Crippen LogP contribution in [0.15, 0.2) is 0 Å². The smallest absolute Gasteiger partial charge is 0.306 e. The lowest BCUT2D eigenvalue weighted by molar-refractivity contribution is -0.141. The monoisotopic (exact) mass is 525 g/mol. The maximum atomic E-state index is 11.8. The highest BCUT2D eigenvalue weighted by Gasteiger charge is 2.12. The summed E-state index contributed by atoms with van der Waals surface area (Å²) < 4.78 is 4.93. The lowest BCUT2D eigenvalue weighted by Crippen LogP contribution is -2.37. The van der Waals surface area contributed by atoms with Crippen LogP contribution in [0.1, 0.15) is 162 Å². The van der Waals surface area contributed by atoms with Crippen molar-refractivity contribution in [2.75, 3.05) is 46.4 Å². The number of hydrogen-bond acceptors (Lipinski definition) is 4. The van der Waals surface area contributed by atoms with E-state index in [4.69, 9.17) is 4.74 Å². The van der Waals surface area contributed by atoms with Gasteiger partial charge in [-0.1, -0.05) is 136 Å². The molecule has 0 bridgehead atoms.